The highest BCUT2D eigenvalue weighted by atomic mass is 35.8. The predicted octanol–water partition coefficient (Wildman–Crippen LogP) is 6.59. The number of rotatable bonds is 6. The van der Waals surface area contributed by atoms with Gasteiger partial charge in [0.15, 0.2) is 0 Å². The summed E-state index contributed by atoms with van der Waals surface area (Å²) >= 11 is 32.9. The molecule has 0 fully saturated rings. The van der Waals surface area contributed by atoms with Crippen molar-refractivity contribution in [2.45, 2.75) is 38.7 Å². The molecule has 0 aromatic carbocycles. The number of hydrogen-bond acceptors (Lipinski definition) is 0. The normalized spacial score (nSPS) is 11.7. The molecule has 0 spiro atoms. The van der Waals surface area contributed by atoms with Gasteiger partial charge in [0, 0.05) is 0 Å². The molecule has 8 heteroatoms. The molecule has 0 amide bonds. The van der Waals surface area contributed by atoms with Crippen molar-refractivity contribution < 1.29 is 0 Å². The fourth-order valence-electron chi connectivity index (χ4n) is 0.752. The van der Waals surface area contributed by atoms with Crippen LogP contribution in [0.4, 0.5) is 0 Å². The summed E-state index contributed by atoms with van der Waals surface area (Å²) in [6, 6.07) is -3.92. The summed E-state index contributed by atoms with van der Waals surface area (Å²) in [6.45, 7) is 5.47. The van der Waals surface area contributed by atoms with Crippen molar-refractivity contribution in [1.82, 2.24) is 0 Å². The maximum atomic E-state index is 5.68. The largest absolute Gasteiger partial charge is 0.365 e. The molecule has 16 heavy (non-hydrogen) atoms. The van der Waals surface area contributed by atoms with Gasteiger partial charge in [-0.15, -0.1) is 73.1 Å². The van der Waals surface area contributed by atoms with E-state index >= 15 is 0 Å². The molecular formula is C8H16Cl6Si2. The Morgan fingerprint density at radius 1 is 0.938 bits per heavy atom. The lowest BCUT2D eigenvalue weighted by atomic mass is 10.2. The molecule has 0 aromatic rings. The molecule has 0 aliphatic heterocycles. The van der Waals surface area contributed by atoms with Crippen LogP contribution in [0.2, 0.25) is 6.04 Å². The van der Waals surface area contributed by atoms with E-state index in [1.54, 1.807) is 0 Å². The molecule has 0 aliphatic rings. The van der Waals surface area contributed by atoms with Gasteiger partial charge >= 0.3 is 12.0 Å². The Balaban J connectivity index is 0. The van der Waals surface area contributed by atoms with E-state index in [1.165, 1.54) is 25.0 Å². The van der Waals surface area contributed by atoms with Gasteiger partial charge < -0.3 is 0 Å². The lowest BCUT2D eigenvalue weighted by molar-refractivity contribution is 0.700. The van der Waals surface area contributed by atoms with Crippen LogP contribution >= 0.6 is 66.5 Å². The van der Waals surface area contributed by atoms with E-state index in [2.05, 4.69) is 13.5 Å². The van der Waals surface area contributed by atoms with E-state index in [4.69, 9.17) is 66.5 Å². The molecule has 0 bridgehead atoms. The molecule has 0 rings (SSSR count). The third kappa shape index (κ3) is 24.9. The Labute approximate surface area is 128 Å². The first-order chi connectivity index (χ1) is 7.12. The van der Waals surface area contributed by atoms with Crippen molar-refractivity contribution in [3.63, 3.8) is 0 Å². The number of unbranched alkanes of at least 4 members (excludes halogenated alkanes) is 3. The van der Waals surface area contributed by atoms with Crippen LogP contribution in [0.1, 0.15) is 32.6 Å². The molecule has 0 aromatic heterocycles. The zero-order valence-corrected chi connectivity index (χ0v) is 15.6. The van der Waals surface area contributed by atoms with E-state index in [1.807, 2.05) is 0 Å². The van der Waals surface area contributed by atoms with Gasteiger partial charge in [0.2, 0.25) is 0 Å². The van der Waals surface area contributed by atoms with E-state index in [0.29, 0.717) is 0 Å². The summed E-state index contributed by atoms with van der Waals surface area (Å²) in [7, 11) is 0. The Kier molecular flexibility index (Phi) is 13.7. The van der Waals surface area contributed by atoms with Crippen LogP contribution in [0.5, 0.6) is 0 Å². The quantitative estimate of drug-likeness (QED) is 0.277. The summed E-state index contributed by atoms with van der Waals surface area (Å²) in [5.74, 6) is 0. The second kappa shape index (κ2) is 10.8. The van der Waals surface area contributed by atoms with Gasteiger partial charge in [0.05, 0.1) is 0 Å². The Morgan fingerprint density at radius 2 is 1.38 bits per heavy atom. The third-order valence-electron chi connectivity index (χ3n) is 1.55. The van der Waals surface area contributed by atoms with Crippen LogP contribution in [0.25, 0.3) is 0 Å². The first-order valence-corrected chi connectivity index (χ1v) is 15.2. The second-order valence-electron chi connectivity index (χ2n) is 3.17. The highest BCUT2D eigenvalue weighted by molar-refractivity contribution is 7.66. The minimum absolute atomic E-state index is 0.817. The van der Waals surface area contributed by atoms with Crippen molar-refractivity contribution in [1.29, 1.82) is 0 Å². The first kappa shape index (κ1) is 20.2. The second-order valence-corrected chi connectivity index (χ2v) is 21.0. The van der Waals surface area contributed by atoms with Crippen molar-refractivity contribution >= 4 is 78.5 Å². The molecule has 0 saturated carbocycles. The highest BCUT2D eigenvalue weighted by Gasteiger charge is 2.23. The molecule has 0 N–H and O–H groups in total. The summed E-state index contributed by atoms with van der Waals surface area (Å²) in [5, 5.41) is 0. The molecule has 0 saturated heterocycles. The molecule has 0 radical (unpaired) electrons. The predicted molar refractivity (Wildman–Crippen MR) is 85.8 cm³/mol. The third-order valence-corrected chi connectivity index (χ3v) is 6.02. The molecule has 0 atom stereocenters. The lowest BCUT2D eigenvalue weighted by Gasteiger charge is -2.05. The molecular weight excluding hydrogens is 365 g/mol. The average Bonchev–Trinajstić information content (AvgIpc) is 2.11. The molecule has 0 nitrogen and oxygen atoms in total. The summed E-state index contributed by atoms with van der Waals surface area (Å²) in [6.07, 6.45) is 4.78. The van der Waals surface area contributed by atoms with Crippen molar-refractivity contribution in [3.05, 3.63) is 12.3 Å². The van der Waals surface area contributed by atoms with E-state index in [-0.39, 0.29) is 0 Å². The van der Waals surface area contributed by atoms with Gasteiger partial charge in [-0.1, -0.05) is 38.3 Å². The zero-order chi connectivity index (χ0) is 13.2. The lowest BCUT2D eigenvalue weighted by Crippen LogP contribution is -2.07. The van der Waals surface area contributed by atoms with Crippen LogP contribution in [-0.4, -0.2) is 12.0 Å². The van der Waals surface area contributed by atoms with Gasteiger partial charge in [-0.3, -0.25) is 0 Å². The van der Waals surface area contributed by atoms with Gasteiger partial charge in [-0.05, 0) is 6.04 Å². The van der Waals surface area contributed by atoms with Crippen LogP contribution in [0.15, 0.2) is 12.3 Å². The van der Waals surface area contributed by atoms with E-state index in [0.717, 1.165) is 12.5 Å². The van der Waals surface area contributed by atoms with Gasteiger partial charge in [0.1, 0.15) is 0 Å². The maximum absolute atomic E-state index is 5.68. The minimum Gasteiger partial charge on any atom is -0.126 e. The summed E-state index contributed by atoms with van der Waals surface area (Å²) in [5.41, 5.74) is 1.37. The van der Waals surface area contributed by atoms with Gasteiger partial charge in [-0.25, -0.2) is 0 Å². The molecule has 0 unspecified atom stereocenters. The van der Waals surface area contributed by atoms with Crippen molar-refractivity contribution in [2.75, 3.05) is 0 Å². The van der Waals surface area contributed by atoms with E-state index in [9.17, 15) is 0 Å². The Morgan fingerprint density at radius 3 is 1.62 bits per heavy atom. The van der Waals surface area contributed by atoms with Crippen LogP contribution in [0.3, 0.4) is 0 Å². The molecule has 0 aliphatic carbocycles. The first-order valence-electron chi connectivity index (χ1n) is 4.89. The molecule has 0 heterocycles. The van der Waals surface area contributed by atoms with Gasteiger partial charge in [0.25, 0.3) is 0 Å². The van der Waals surface area contributed by atoms with E-state index < -0.39 is 12.0 Å². The Bertz CT molecular complexity index is 174. The SMILES string of the molecule is C=C[Si](Cl)(Cl)Cl.CCCCCC[Si](Cl)(Cl)Cl. The minimum atomic E-state index is -2.45. The average molecular weight is 381 g/mol. The Hall–Kier alpha value is 1.91. The standard InChI is InChI=1S/C6H13Cl3Si.C2H3Cl3Si/c1-2-3-4-5-6-10(7,8)9;1-2-6(3,4)5/h2-6H2,1H3;2H,1H2. The number of halogens is 6. The van der Waals surface area contributed by atoms with Gasteiger partial charge in [-0.2, -0.15) is 0 Å². The maximum Gasteiger partial charge on any atom is 0.365 e. The van der Waals surface area contributed by atoms with Crippen molar-refractivity contribution in [3.8, 4) is 0 Å². The van der Waals surface area contributed by atoms with Crippen molar-refractivity contribution in [2.24, 2.45) is 0 Å². The summed E-state index contributed by atoms with van der Waals surface area (Å²) < 4.78 is 0. The fraction of sp³-hybridized carbons (Fsp3) is 0.750. The van der Waals surface area contributed by atoms with Crippen LogP contribution in [-0.2, 0) is 0 Å². The smallest absolute Gasteiger partial charge is 0.126 e. The topological polar surface area (TPSA) is 0 Å². The highest BCUT2D eigenvalue weighted by Crippen LogP contribution is 2.27. The number of hydrogen-bond donors (Lipinski definition) is 0. The molecule has 98 valence electrons. The fourth-order valence-corrected chi connectivity index (χ4v) is 2.61. The van der Waals surface area contributed by atoms with Crippen LogP contribution < -0.4 is 0 Å². The summed E-state index contributed by atoms with van der Waals surface area (Å²) in [4.78, 5) is 0. The van der Waals surface area contributed by atoms with Crippen LogP contribution in [0, 0.1) is 0 Å². The monoisotopic (exact) mass is 378 g/mol. The zero-order valence-electron chi connectivity index (χ0n) is 9.09.